The van der Waals surface area contributed by atoms with Gasteiger partial charge in [0.05, 0.1) is 6.26 Å². The molecule has 0 saturated heterocycles. The largest absolute Gasteiger partial charge is 0.459 e. The second-order valence-electron chi connectivity index (χ2n) is 5.08. The molecule has 7 nitrogen and oxygen atoms in total. The highest BCUT2D eigenvalue weighted by Crippen LogP contribution is 2.32. The molecule has 1 aliphatic rings. The molecule has 2 N–H and O–H groups in total. The van der Waals surface area contributed by atoms with E-state index in [2.05, 4.69) is 10.6 Å². The molecule has 0 aliphatic carbocycles. The van der Waals surface area contributed by atoms with Gasteiger partial charge in [0.25, 0.3) is 5.91 Å². The average molecular weight is 316 g/mol. The summed E-state index contributed by atoms with van der Waals surface area (Å²) in [6.45, 7) is 2.15. The Labute approximate surface area is 132 Å². The van der Waals surface area contributed by atoms with E-state index in [-0.39, 0.29) is 18.5 Å². The molecule has 0 saturated carbocycles. The third kappa shape index (κ3) is 3.45. The van der Waals surface area contributed by atoms with Crippen LogP contribution in [0.1, 0.15) is 23.0 Å². The fourth-order valence-corrected chi connectivity index (χ4v) is 2.13. The number of nitrogens with one attached hydrogen (secondary N) is 2. The molecule has 0 radical (unpaired) electrons. The molecule has 1 atom stereocenters. The maximum Gasteiger partial charge on any atom is 0.287 e. The van der Waals surface area contributed by atoms with Crippen molar-refractivity contribution < 1.29 is 23.5 Å². The van der Waals surface area contributed by atoms with Crippen LogP contribution >= 0.6 is 0 Å². The van der Waals surface area contributed by atoms with Gasteiger partial charge < -0.3 is 24.5 Å². The summed E-state index contributed by atoms with van der Waals surface area (Å²) in [5.41, 5.74) is 0.882. The summed E-state index contributed by atoms with van der Waals surface area (Å²) in [6, 6.07) is 7.92. The van der Waals surface area contributed by atoms with E-state index in [9.17, 15) is 9.59 Å². The van der Waals surface area contributed by atoms with Crippen LogP contribution in [-0.2, 0) is 11.3 Å². The Morgan fingerprint density at radius 1 is 1.22 bits per heavy atom. The van der Waals surface area contributed by atoms with Crippen LogP contribution in [0.5, 0.6) is 11.5 Å². The molecule has 2 heterocycles. The minimum atomic E-state index is -0.679. The van der Waals surface area contributed by atoms with E-state index in [1.54, 1.807) is 19.1 Å². The fourth-order valence-electron chi connectivity index (χ4n) is 2.13. The highest BCUT2D eigenvalue weighted by atomic mass is 16.7. The summed E-state index contributed by atoms with van der Waals surface area (Å²) in [6.07, 6.45) is 1.40. The van der Waals surface area contributed by atoms with Gasteiger partial charge in [0.15, 0.2) is 17.3 Å². The van der Waals surface area contributed by atoms with Crippen LogP contribution in [0.3, 0.4) is 0 Å². The van der Waals surface area contributed by atoms with Gasteiger partial charge in [-0.3, -0.25) is 9.59 Å². The van der Waals surface area contributed by atoms with Crippen molar-refractivity contribution in [3.63, 3.8) is 0 Å². The number of benzene rings is 1. The average Bonchev–Trinajstić information content (AvgIpc) is 3.22. The van der Waals surface area contributed by atoms with Gasteiger partial charge >= 0.3 is 0 Å². The predicted octanol–water partition coefficient (Wildman–Crippen LogP) is 1.44. The van der Waals surface area contributed by atoms with Gasteiger partial charge in [0.1, 0.15) is 6.04 Å². The van der Waals surface area contributed by atoms with Crippen molar-refractivity contribution in [1.29, 1.82) is 0 Å². The molecule has 0 unspecified atom stereocenters. The first kappa shape index (κ1) is 15.0. The van der Waals surface area contributed by atoms with Crippen molar-refractivity contribution in [3.05, 3.63) is 47.9 Å². The van der Waals surface area contributed by atoms with Crippen LogP contribution in [0, 0.1) is 0 Å². The number of amides is 2. The zero-order valence-electron chi connectivity index (χ0n) is 12.5. The maximum absolute atomic E-state index is 12.0. The van der Waals surface area contributed by atoms with E-state index < -0.39 is 11.9 Å². The van der Waals surface area contributed by atoms with Gasteiger partial charge in [-0.05, 0) is 36.8 Å². The van der Waals surface area contributed by atoms with Crippen molar-refractivity contribution in [3.8, 4) is 11.5 Å². The SMILES string of the molecule is C[C@@H](NC(=O)c1ccco1)C(=O)NCc1ccc2c(c1)OCO2. The standard InChI is InChI=1S/C16H16N2O5/c1-10(18-16(20)13-3-2-6-21-13)15(19)17-8-11-4-5-12-14(7-11)23-9-22-12/h2-7,10H,8-9H2,1H3,(H,17,19)(H,18,20)/t10-/m1/s1. The zero-order chi connectivity index (χ0) is 16.2. The molecule has 2 aromatic rings. The predicted molar refractivity (Wildman–Crippen MR) is 80.0 cm³/mol. The first-order chi connectivity index (χ1) is 11.1. The van der Waals surface area contributed by atoms with E-state index in [0.717, 1.165) is 5.56 Å². The van der Waals surface area contributed by atoms with E-state index in [4.69, 9.17) is 13.9 Å². The van der Waals surface area contributed by atoms with Crippen LogP contribution in [-0.4, -0.2) is 24.6 Å². The lowest BCUT2D eigenvalue weighted by atomic mass is 10.2. The highest BCUT2D eigenvalue weighted by Gasteiger charge is 2.18. The van der Waals surface area contributed by atoms with Crippen molar-refractivity contribution in [2.75, 3.05) is 6.79 Å². The Hall–Kier alpha value is -2.96. The molecule has 3 rings (SSSR count). The van der Waals surface area contributed by atoms with Crippen LogP contribution in [0.15, 0.2) is 41.0 Å². The van der Waals surface area contributed by atoms with E-state index in [1.165, 1.54) is 12.3 Å². The van der Waals surface area contributed by atoms with E-state index >= 15 is 0 Å². The topological polar surface area (TPSA) is 89.8 Å². The molecular formula is C16H16N2O5. The number of furan rings is 1. The van der Waals surface area contributed by atoms with Crippen LogP contribution in [0.25, 0.3) is 0 Å². The Morgan fingerprint density at radius 2 is 2.04 bits per heavy atom. The zero-order valence-corrected chi connectivity index (χ0v) is 12.5. The van der Waals surface area contributed by atoms with Gasteiger partial charge in [-0.15, -0.1) is 0 Å². The number of hydrogen-bond acceptors (Lipinski definition) is 5. The summed E-state index contributed by atoms with van der Waals surface area (Å²) in [5, 5.41) is 5.33. The molecule has 23 heavy (non-hydrogen) atoms. The molecule has 1 aromatic carbocycles. The summed E-state index contributed by atoms with van der Waals surface area (Å²) >= 11 is 0. The van der Waals surface area contributed by atoms with Crippen molar-refractivity contribution >= 4 is 11.8 Å². The molecule has 2 amide bonds. The fraction of sp³-hybridized carbons (Fsp3) is 0.250. The minimum absolute atomic E-state index is 0.167. The number of carbonyl (C=O) groups excluding carboxylic acids is 2. The molecule has 120 valence electrons. The van der Waals surface area contributed by atoms with Crippen LogP contribution in [0.4, 0.5) is 0 Å². The molecule has 7 heteroatoms. The summed E-state index contributed by atoms with van der Waals surface area (Å²) in [7, 11) is 0. The first-order valence-corrected chi connectivity index (χ1v) is 7.14. The monoisotopic (exact) mass is 316 g/mol. The molecule has 1 aromatic heterocycles. The van der Waals surface area contributed by atoms with Crippen LogP contribution < -0.4 is 20.1 Å². The third-order valence-electron chi connectivity index (χ3n) is 3.39. The number of ether oxygens (including phenoxy) is 2. The lowest BCUT2D eigenvalue weighted by Crippen LogP contribution is -2.44. The van der Waals surface area contributed by atoms with Crippen molar-refractivity contribution in [1.82, 2.24) is 10.6 Å². The number of carbonyl (C=O) groups is 2. The van der Waals surface area contributed by atoms with Crippen molar-refractivity contribution in [2.24, 2.45) is 0 Å². The summed E-state index contributed by atoms with van der Waals surface area (Å²) in [4.78, 5) is 23.9. The van der Waals surface area contributed by atoms with Gasteiger partial charge in [0.2, 0.25) is 12.7 Å². The summed E-state index contributed by atoms with van der Waals surface area (Å²) < 4.78 is 15.5. The number of hydrogen-bond donors (Lipinski definition) is 2. The lowest BCUT2D eigenvalue weighted by Gasteiger charge is -2.13. The molecule has 0 spiro atoms. The smallest absolute Gasteiger partial charge is 0.287 e. The van der Waals surface area contributed by atoms with Gasteiger partial charge in [-0.2, -0.15) is 0 Å². The number of rotatable bonds is 5. The Morgan fingerprint density at radius 3 is 2.83 bits per heavy atom. The molecular weight excluding hydrogens is 300 g/mol. The Balaban J connectivity index is 1.51. The van der Waals surface area contributed by atoms with Gasteiger partial charge in [-0.25, -0.2) is 0 Å². The Bertz CT molecular complexity index is 711. The lowest BCUT2D eigenvalue weighted by molar-refractivity contribution is -0.122. The maximum atomic E-state index is 12.0. The van der Waals surface area contributed by atoms with Crippen LogP contribution in [0.2, 0.25) is 0 Å². The first-order valence-electron chi connectivity index (χ1n) is 7.14. The molecule has 1 aliphatic heterocycles. The number of fused-ring (bicyclic) bond motifs is 1. The van der Waals surface area contributed by atoms with E-state index in [1.807, 2.05) is 12.1 Å². The second-order valence-corrected chi connectivity index (χ2v) is 5.08. The highest BCUT2D eigenvalue weighted by molar-refractivity contribution is 5.95. The Kier molecular flexibility index (Phi) is 4.18. The third-order valence-corrected chi connectivity index (χ3v) is 3.39. The molecule has 0 bridgehead atoms. The quantitative estimate of drug-likeness (QED) is 0.871. The van der Waals surface area contributed by atoms with E-state index in [0.29, 0.717) is 18.0 Å². The van der Waals surface area contributed by atoms with Gasteiger partial charge in [-0.1, -0.05) is 6.07 Å². The second kappa shape index (κ2) is 6.43. The van der Waals surface area contributed by atoms with Crippen molar-refractivity contribution in [2.45, 2.75) is 19.5 Å². The van der Waals surface area contributed by atoms with Gasteiger partial charge in [0, 0.05) is 6.54 Å². The normalized spacial score (nSPS) is 13.4. The summed E-state index contributed by atoms with van der Waals surface area (Å²) in [5.74, 6) is 0.804. The molecule has 0 fully saturated rings. The minimum Gasteiger partial charge on any atom is -0.459 e.